The van der Waals surface area contributed by atoms with Crippen LogP contribution in [-0.2, 0) is 11.3 Å². The van der Waals surface area contributed by atoms with Gasteiger partial charge in [0.25, 0.3) is 0 Å². The number of anilines is 1. The van der Waals surface area contributed by atoms with Gasteiger partial charge in [0.15, 0.2) is 0 Å². The molecule has 7 heteroatoms. The van der Waals surface area contributed by atoms with Gasteiger partial charge in [-0.2, -0.15) is 0 Å². The first-order valence-electron chi connectivity index (χ1n) is 9.65. The summed E-state index contributed by atoms with van der Waals surface area (Å²) in [5.74, 6) is -0.0669. The highest BCUT2D eigenvalue weighted by Gasteiger charge is 2.21. The SMILES string of the molecule is O=C(CC[C@H]1CCCN(Cc2ccc3nonc3c2)C1)Nc1ccccc1F. The van der Waals surface area contributed by atoms with Gasteiger partial charge < -0.3 is 5.32 Å². The second-order valence-corrected chi connectivity index (χ2v) is 7.40. The molecule has 1 atom stereocenters. The van der Waals surface area contributed by atoms with Crippen molar-refractivity contribution in [1.29, 1.82) is 0 Å². The summed E-state index contributed by atoms with van der Waals surface area (Å²) >= 11 is 0. The smallest absolute Gasteiger partial charge is 0.224 e. The van der Waals surface area contributed by atoms with Gasteiger partial charge >= 0.3 is 0 Å². The lowest BCUT2D eigenvalue weighted by Gasteiger charge is -2.32. The summed E-state index contributed by atoms with van der Waals surface area (Å²) in [6.45, 7) is 2.86. The molecule has 1 N–H and O–H groups in total. The van der Waals surface area contributed by atoms with Crippen LogP contribution in [0.2, 0.25) is 0 Å². The van der Waals surface area contributed by atoms with Crippen molar-refractivity contribution in [3.63, 3.8) is 0 Å². The third-order valence-electron chi connectivity index (χ3n) is 5.26. The maximum atomic E-state index is 13.6. The van der Waals surface area contributed by atoms with E-state index in [1.807, 2.05) is 12.1 Å². The minimum Gasteiger partial charge on any atom is -0.324 e. The first-order valence-corrected chi connectivity index (χ1v) is 9.65. The van der Waals surface area contributed by atoms with Gasteiger partial charge in [0.2, 0.25) is 5.91 Å². The second-order valence-electron chi connectivity index (χ2n) is 7.40. The number of piperidine rings is 1. The van der Waals surface area contributed by atoms with Crippen LogP contribution < -0.4 is 5.32 Å². The third kappa shape index (κ3) is 4.54. The Labute approximate surface area is 162 Å². The molecule has 1 saturated heterocycles. The van der Waals surface area contributed by atoms with E-state index in [1.54, 1.807) is 18.2 Å². The van der Waals surface area contributed by atoms with Gasteiger partial charge in [-0.25, -0.2) is 9.02 Å². The van der Waals surface area contributed by atoms with Crippen LogP contribution in [-0.4, -0.2) is 34.2 Å². The molecule has 0 radical (unpaired) electrons. The van der Waals surface area contributed by atoms with Crippen LogP contribution in [0.25, 0.3) is 11.0 Å². The van der Waals surface area contributed by atoms with E-state index >= 15 is 0 Å². The summed E-state index contributed by atoms with van der Waals surface area (Å²) in [7, 11) is 0. The Morgan fingerprint density at radius 1 is 1.21 bits per heavy atom. The molecule has 0 spiro atoms. The van der Waals surface area contributed by atoms with Crippen LogP contribution in [0.1, 0.15) is 31.2 Å². The lowest BCUT2D eigenvalue weighted by molar-refractivity contribution is -0.116. The minimum atomic E-state index is -0.404. The summed E-state index contributed by atoms with van der Waals surface area (Å²) < 4.78 is 18.4. The molecule has 0 bridgehead atoms. The zero-order valence-corrected chi connectivity index (χ0v) is 15.6. The van der Waals surface area contributed by atoms with Gasteiger partial charge in [-0.15, -0.1) is 0 Å². The van der Waals surface area contributed by atoms with Crippen LogP contribution in [0.5, 0.6) is 0 Å². The highest BCUT2D eigenvalue weighted by Crippen LogP contribution is 2.24. The van der Waals surface area contributed by atoms with E-state index in [-0.39, 0.29) is 11.6 Å². The maximum Gasteiger partial charge on any atom is 0.224 e. The molecule has 0 unspecified atom stereocenters. The lowest BCUT2D eigenvalue weighted by Crippen LogP contribution is -2.35. The van der Waals surface area contributed by atoms with Crippen LogP contribution in [0.4, 0.5) is 10.1 Å². The zero-order chi connectivity index (χ0) is 19.3. The Morgan fingerprint density at radius 3 is 2.96 bits per heavy atom. The molecule has 3 aromatic rings. The molecule has 1 aliphatic rings. The topological polar surface area (TPSA) is 71.3 Å². The number of nitrogens with one attached hydrogen (secondary N) is 1. The quantitative estimate of drug-likeness (QED) is 0.698. The molecule has 0 saturated carbocycles. The molecule has 146 valence electrons. The fourth-order valence-corrected chi connectivity index (χ4v) is 3.83. The van der Waals surface area contributed by atoms with Crippen LogP contribution in [0.3, 0.4) is 0 Å². The van der Waals surface area contributed by atoms with E-state index in [0.29, 0.717) is 12.3 Å². The molecule has 28 heavy (non-hydrogen) atoms. The van der Waals surface area contributed by atoms with E-state index in [9.17, 15) is 9.18 Å². The molecule has 0 aliphatic carbocycles. The van der Waals surface area contributed by atoms with Crippen molar-refractivity contribution in [1.82, 2.24) is 15.2 Å². The normalized spacial score (nSPS) is 17.7. The average Bonchev–Trinajstić information content (AvgIpc) is 3.16. The molecule has 1 aliphatic heterocycles. The minimum absolute atomic E-state index is 0.133. The highest BCUT2D eigenvalue weighted by atomic mass is 19.1. The first-order chi connectivity index (χ1) is 13.7. The maximum absolute atomic E-state index is 13.6. The predicted octanol–water partition coefficient (Wildman–Crippen LogP) is 3.99. The molecule has 6 nitrogen and oxygen atoms in total. The van der Waals surface area contributed by atoms with E-state index in [0.717, 1.165) is 49.9 Å². The van der Waals surface area contributed by atoms with Crippen LogP contribution in [0.15, 0.2) is 47.1 Å². The number of para-hydroxylation sites is 1. The van der Waals surface area contributed by atoms with Gasteiger partial charge in [-0.05, 0) is 71.9 Å². The number of halogens is 1. The van der Waals surface area contributed by atoms with Crippen molar-refractivity contribution in [3.05, 3.63) is 53.8 Å². The van der Waals surface area contributed by atoms with E-state index < -0.39 is 5.82 Å². The van der Waals surface area contributed by atoms with Crippen LogP contribution >= 0.6 is 0 Å². The molecular weight excluding hydrogens is 359 g/mol. The summed E-state index contributed by atoms with van der Waals surface area (Å²) in [5, 5.41) is 10.4. The average molecular weight is 382 g/mol. The number of likely N-dealkylation sites (tertiary alicyclic amines) is 1. The summed E-state index contributed by atoms with van der Waals surface area (Å²) in [6, 6.07) is 12.2. The largest absolute Gasteiger partial charge is 0.324 e. The zero-order valence-electron chi connectivity index (χ0n) is 15.6. The second kappa shape index (κ2) is 8.48. The van der Waals surface area contributed by atoms with Gasteiger partial charge in [-0.3, -0.25) is 9.69 Å². The Kier molecular flexibility index (Phi) is 5.62. The van der Waals surface area contributed by atoms with Gasteiger partial charge in [0.1, 0.15) is 16.9 Å². The summed E-state index contributed by atoms with van der Waals surface area (Å²) in [5.41, 5.74) is 2.97. The van der Waals surface area contributed by atoms with Crippen molar-refractivity contribution in [2.45, 2.75) is 32.2 Å². The number of hydrogen-bond donors (Lipinski definition) is 1. The first kappa shape index (κ1) is 18.6. The number of fused-ring (bicyclic) bond motifs is 1. The van der Waals surface area contributed by atoms with Gasteiger partial charge in [0, 0.05) is 19.5 Å². The monoisotopic (exact) mass is 382 g/mol. The number of amides is 1. The van der Waals surface area contributed by atoms with Crippen LogP contribution in [0, 0.1) is 11.7 Å². The molecule has 4 rings (SSSR count). The molecule has 1 fully saturated rings. The van der Waals surface area contributed by atoms with Gasteiger partial charge in [0.05, 0.1) is 5.69 Å². The van der Waals surface area contributed by atoms with Gasteiger partial charge in [-0.1, -0.05) is 18.2 Å². The van der Waals surface area contributed by atoms with Crippen molar-refractivity contribution >= 4 is 22.6 Å². The Morgan fingerprint density at radius 2 is 2.07 bits per heavy atom. The number of carbonyl (C=O) groups is 1. The number of nitrogens with zero attached hydrogens (tertiary/aromatic N) is 3. The van der Waals surface area contributed by atoms with Crippen molar-refractivity contribution in [2.24, 2.45) is 5.92 Å². The fraction of sp³-hybridized carbons (Fsp3) is 0.381. The third-order valence-corrected chi connectivity index (χ3v) is 5.26. The number of rotatable bonds is 6. The van der Waals surface area contributed by atoms with Crippen molar-refractivity contribution in [2.75, 3.05) is 18.4 Å². The number of carbonyl (C=O) groups excluding carboxylic acids is 1. The molecule has 2 heterocycles. The summed E-state index contributed by atoms with van der Waals surface area (Å²) in [4.78, 5) is 14.6. The van der Waals surface area contributed by atoms with Crippen molar-refractivity contribution < 1.29 is 13.8 Å². The fourth-order valence-electron chi connectivity index (χ4n) is 3.83. The number of aromatic nitrogens is 2. The predicted molar refractivity (Wildman–Crippen MR) is 104 cm³/mol. The number of benzene rings is 2. The Hall–Kier alpha value is -2.80. The summed E-state index contributed by atoms with van der Waals surface area (Å²) in [6.07, 6.45) is 3.45. The molecule has 1 amide bonds. The Bertz CT molecular complexity index is 958. The Balaban J connectivity index is 1.27. The van der Waals surface area contributed by atoms with Crippen molar-refractivity contribution in [3.8, 4) is 0 Å². The molecule has 1 aromatic heterocycles. The standard InChI is InChI=1S/C21H23FN4O2/c22-17-5-1-2-6-18(17)23-21(27)10-8-15-4-3-11-26(13-15)14-16-7-9-19-20(12-16)25-28-24-19/h1-2,5-7,9,12,15H,3-4,8,10-11,13-14H2,(H,23,27)/t15-/m1/s1. The van der Waals surface area contributed by atoms with E-state index in [4.69, 9.17) is 4.63 Å². The van der Waals surface area contributed by atoms with E-state index in [2.05, 4.69) is 26.6 Å². The highest BCUT2D eigenvalue weighted by molar-refractivity contribution is 5.90. The lowest BCUT2D eigenvalue weighted by atomic mass is 9.93. The van der Waals surface area contributed by atoms with E-state index in [1.165, 1.54) is 11.6 Å². The molecule has 2 aromatic carbocycles. The number of hydrogen-bond acceptors (Lipinski definition) is 5. The molecular formula is C21H23FN4O2.